The van der Waals surface area contributed by atoms with Gasteiger partial charge < -0.3 is 10.5 Å². The number of ether oxygens (including phenoxy) is 1. The van der Waals surface area contributed by atoms with Crippen LogP contribution in [0.1, 0.15) is 13.3 Å². The molecule has 0 aliphatic rings. The van der Waals surface area contributed by atoms with Gasteiger partial charge in [-0.25, -0.2) is 9.97 Å². The van der Waals surface area contributed by atoms with Crippen LogP contribution in [-0.2, 0) is 9.53 Å². The molecule has 0 bridgehead atoms. The predicted molar refractivity (Wildman–Crippen MR) is 64.8 cm³/mol. The summed E-state index contributed by atoms with van der Waals surface area (Å²) in [6, 6.07) is 1.53. The van der Waals surface area contributed by atoms with E-state index in [0.717, 1.165) is 0 Å². The third-order valence-corrected chi connectivity index (χ3v) is 2.16. The number of nitrogens with zero attached hydrogens (tertiary/aromatic N) is 2. The molecule has 1 aromatic heterocycles. The largest absolute Gasteiger partial charge is 0.377 e. The monoisotopic (exact) mass is 258 g/mol. The van der Waals surface area contributed by atoms with Crippen molar-refractivity contribution in [1.29, 1.82) is 0 Å². The molecule has 7 heteroatoms. The van der Waals surface area contributed by atoms with Gasteiger partial charge in [0.2, 0.25) is 11.9 Å². The Morgan fingerprint density at radius 3 is 3.06 bits per heavy atom. The topological polar surface area (TPSA) is 90.1 Å². The number of anilines is 1. The summed E-state index contributed by atoms with van der Waals surface area (Å²) < 4.78 is 5.27. The molecule has 6 nitrogen and oxygen atoms in total. The average molecular weight is 259 g/mol. The van der Waals surface area contributed by atoms with Gasteiger partial charge in [0.15, 0.2) is 0 Å². The van der Waals surface area contributed by atoms with Crippen molar-refractivity contribution in [2.75, 3.05) is 18.5 Å². The molecule has 1 rings (SSSR count). The van der Waals surface area contributed by atoms with Gasteiger partial charge in [0, 0.05) is 19.3 Å². The van der Waals surface area contributed by atoms with Gasteiger partial charge in [-0.1, -0.05) is 11.6 Å². The third-order valence-electron chi connectivity index (χ3n) is 1.95. The van der Waals surface area contributed by atoms with E-state index in [1.165, 1.54) is 12.3 Å². The van der Waals surface area contributed by atoms with Crippen molar-refractivity contribution in [1.82, 2.24) is 9.97 Å². The van der Waals surface area contributed by atoms with E-state index in [0.29, 0.717) is 6.61 Å². The van der Waals surface area contributed by atoms with Crippen molar-refractivity contribution in [2.24, 2.45) is 5.73 Å². The van der Waals surface area contributed by atoms with Gasteiger partial charge in [-0.3, -0.25) is 10.1 Å². The van der Waals surface area contributed by atoms with E-state index >= 15 is 0 Å². The Morgan fingerprint density at radius 2 is 2.47 bits per heavy atom. The van der Waals surface area contributed by atoms with Crippen LogP contribution in [-0.4, -0.2) is 35.1 Å². The fraction of sp³-hybridized carbons (Fsp3) is 0.500. The molecule has 1 amide bonds. The van der Waals surface area contributed by atoms with Gasteiger partial charge in [0.1, 0.15) is 5.15 Å². The first-order valence-electron chi connectivity index (χ1n) is 5.25. The van der Waals surface area contributed by atoms with Crippen LogP contribution in [0.3, 0.4) is 0 Å². The second-order valence-corrected chi connectivity index (χ2v) is 3.66. The highest BCUT2D eigenvalue weighted by molar-refractivity contribution is 6.29. The summed E-state index contributed by atoms with van der Waals surface area (Å²) in [5, 5.41) is 2.80. The van der Waals surface area contributed by atoms with Crippen LogP contribution < -0.4 is 11.1 Å². The Hall–Kier alpha value is -1.24. The maximum atomic E-state index is 11.6. The highest BCUT2D eigenvalue weighted by Gasteiger charge is 2.13. The zero-order chi connectivity index (χ0) is 12.7. The summed E-state index contributed by atoms with van der Waals surface area (Å²) in [4.78, 5) is 19.3. The molecule has 0 saturated heterocycles. The Labute approximate surface area is 105 Å². The van der Waals surface area contributed by atoms with Gasteiger partial charge in [0.05, 0.1) is 12.5 Å². The number of amides is 1. The predicted octanol–water partition coefficient (Wildman–Crippen LogP) is 0.822. The van der Waals surface area contributed by atoms with Crippen LogP contribution in [0.15, 0.2) is 12.3 Å². The molecule has 0 aromatic carbocycles. The third kappa shape index (κ3) is 5.08. The normalized spacial score (nSPS) is 12.2. The average Bonchev–Trinajstić information content (AvgIpc) is 2.28. The summed E-state index contributed by atoms with van der Waals surface area (Å²) in [5.41, 5.74) is 5.47. The fourth-order valence-electron chi connectivity index (χ4n) is 1.23. The van der Waals surface area contributed by atoms with Gasteiger partial charge >= 0.3 is 0 Å². The molecular weight excluding hydrogens is 244 g/mol. The zero-order valence-electron chi connectivity index (χ0n) is 9.52. The van der Waals surface area contributed by atoms with E-state index in [9.17, 15) is 4.79 Å². The second-order valence-electron chi connectivity index (χ2n) is 3.27. The number of nitrogens with one attached hydrogen (secondary N) is 1. The number of carbonyl (C=O) groups excluding carboxylic acids is 1. The molecule has 0 radical (unpaired) electrons. The van der Waals surface area contributed by atoms with E-state index in [4.69, 9.17) is 22.1 Å². The molecule has 1 heterocycles. The summed E-state index contributed by atoms with van der Waals surface area (Å²) in [6.07, 6.45) is 1.34. The van der Waals surface area contributed by atoms with E-state index in [-0.39, 0.29) is 36.1 Å². The Kier molecular flexibility index (Phi) is 5.82. The van der Waals surface area contributed by atoms with E-state index < -0.39 is 0 Å². The highest BCUT2D eigenvalue weighted by Crippen LogP contribution is 2.06. The van der Waals surface area contributed by atoms with Crippen LogP contribution in [0.2, 0.25) is 5.15 Å². The molecule has 0 aliphatic heterocycles. The molecule has 0 fully saturated rings. The van der Waals surface area contributed by atoms with Gasteiger partial charge in [0.25, 0.3) is 0 Å². The number of aromatic nitrogens is 2. The standard InChI is InChI=1S/C10H15ClN4O2/c1-2-17-7(6-12)5-9(16)15-10-13-4-3-8(11)14-10/h3-4,7H,2,5-6,12H2,1H3,(H,13,14,15,16). The van der Waals surface area contributed by atoms with Crippen LogP contribution in [0, 0.1) is 0 Å². The number of carbonyl (C=O) groups is 1. The summed E-state index contributed by atoms with van der Waals surface area (Å²) in [7, 11) is 0. The lowest BCUT2D eigenvalue weighted by molar-refractivity contribution is -0.118. The molecule has 0 aliphatic carbocycles. The first kappa shape index (κ1) is 13.8. The minimum atomic E-state index is -0.292. The molecule has 94 valence electrons. The number of nitrogens with two attached hydrogens (primary N) is 1. The molecule has 17 heavy (non-hydrogen) atoms. The zero-order valence-corrected chi connectivity index (χ0v) is 10.3. The number of rotatable bonds is 6. The minimum absolute atomic E-state index is 0.167. The van der Waals surface area contributed by atoms with E-state index in [2.05, 4.69) is 15.3 Å². The molecular formula is C10H15ClN4O2. The van der Waals surface area contributed by atoms with Crippen molar-refractivity contribution < 1.29 is 9.53 Å². The Bertz CT molecular complexity index is 375. The van der Waals surface area contributed by atoms with Gasteiger partial charge in [-0.05, 0) is 13.0 Å². The van der Waals surface area contributed by atoms with Crippen molar-refractivity contribution in [2.45, 2.75) is 19.4 Å². The quantitative estimate of drug-likeness (QED) is 0.738. The van der Waals surface area contributed by atoms with Crippen LogP contribution >= 0.6 is 11.6 Å². The number of halogens is 1. The van der Waals surface area contributed by atoms with Crippen molar-refractivity contribution in [3.05, 3.63) is 17.4 Å². The second kappa shape index (κ2) is 7.16. The SMILES string of the molecule is CCOC(CN)CC(=O)Nc1nccc(Cl)n1. The molecule has 1 aromatic rings. The van der Waals surface area contributed by atoms with Crippen LogP contribution in [0.5, 0.6) is 0 Å². The van der Waals surface area contributed by atoms with Gasteiger partial charge in [-0.15, -0.1) is 0 Å². The summed E-state index contributed by atoms with van der Waals surface area (Å²) >= 11 is 5.66. The first-order chi connectivity index (χ1) is 8.15. The summed E-state index contributed by atoms with van der Waals surface area (Å²) in [5.74, 6) is -0.0778. The lowest BCUT2D eigenvalue weighted by Gasteiger charge is -2.13. The molecule has 3 N–H and O–H groups in total. The lowest BCUT2D eigenvalue weighted by Crippen LogP contribution is -2.29. The Morgan fingerprint density at radius 1 is 1.71 bits per heavy atom. The first-order valence-corrected chi connectivity index (χ1v) is 5.63. The van der Waals surface area contributed by atoms with Crippen molar-refractivity contribution >= 4 is 23.5 Å². The number of hydrogen-bond donors (Lipinski definition) is 2. The lowest BCUT2D eigenvalue weighted by atomic mass is 10.2. The molecule has 0 spiro atoms. The highest BCUT2D eigenvalue weighted by atomic mass is 35.5. The number of hydrogen-bond acceptors (Lipinski definition) is 5. The van der Waals surface area contributed by atoms with Crippen LogP contribution in [0.25, 0.3) is 0 Å². The van der Waals surface area contributed by atoms with Crippen molar-refractivity contribution in [3.63, 3.8) is 0 Å². The smallest absolute Gasteiger partial charge is 0.230 e. The van der Waals surface area contributed by atoms with E-state index in [1.54, 1.807) is 0 Å². The van der Waals surface area contributed by atoms with E-state index in [1.807, 2.05) is 6.92 Å². The maximum Gasteiger partial charge on any atom is 0.230 e. The molecule has 1 atom stereocenters. The maximum absolute atomic E-state index is 11.6. The van der Waals surface area contributed by atoms with Crippen molar-refractivity contribution in [3.8, 4) is 0 Å². The molecule has 1 unspecified atom stereocenters. The minimum Gasteiger partial charge on any atom is -0.377 e. The fourth-order valence-corrected chi connectivity index (χ4v) is 1.36. The van der Waals surface area contributed by atoms with Crippen LogP contribution in [0.4, 0.5) is 5.95 Å². The Balaban J connectivity index is 2.49. The molecule has 0 saturated carbocycles. The van der Waals surface area contributed by atoms with Gasteiger partial charge in [-0.2, -0.15) is 0 Å². The summed E-state index contributed by atoms with van der Waals surface area (Å²) in [6.45, 7) is 2.65.